The lowest BCUT2D eigenvalue weighted by molar-refractivity contribution is -0.134. The molecule has 1 amide bonds. The van der Waals surface area contributed by atoms with E-state index in [2.05, 4.69) is 26.8 Å². The van der Waals surface area contributed by atoms with E-state index < -0.39 is 0 Å². The van der Waals surface area contributed by atoms with Gasteiger partial charge < -0.3 is 14.8 Å². The van der Waals surface area contributed by atoms with Crippen LogP contribution in [0.15, 0.2) is 11.0 Å². The first-order chi connectivity index (χ1) is 10.5. The number of hydrogen-bond acceptors (Lipinski definition) is 5. The lowest BCUT2D eigenvalue weighted by Crippen LogP contribution is -2.62. The topological polar surface area (TPSA) is 72.5 Å². The minimum absolute atomic E-state index is 0.0176. The number of nitrogens with zero attached hydrogens (tertiary/aromatic N) is 4. The summed E-state index contributed by atoms with van der Waals surface area (Å²) < 4.78 is 0. The second kappa shape index (κ2) is 6.18. The smallest absolute Gasteiger partial charge is 0.254 e. The van der Waals surface area contributed by atoms with Crippen molar-refractivity contribution in [3.05, 3.63) is 27.9 Å². The van der Waals surface area contributed by atoms with Gasteiger partial charge in [0.15, 0.2) is 0 Å². The monoisotopic (exact) mass is 305 g/mol. The molecule has 2 fully saturated rings. The Morgan fingerprint density at radius 2 is 2.09 bits per heavy atom. The van der Waals surface area contributed by atoms with E-state index in [1.54, 1.807) is 6.92 Å². The number of likely N-dealkylation sites (N-methyl/N-ethyl adjacent to an activating group) is 1. The van der Waals surface area contributed by atoms with Crippen molar-refractivity contribution in [1.82, 2.24) is 24.7 Å². The number of aromatic nitrogens is 2. The zero-order valence-corrected chi connectivity index (χ0v) is 13.2. The number of nitrogens with one attached hydrogen (secondary N) is 1. The number of piperazine rings is 2. The van der Waals surface area contributed by atoms with Crippen LogP contribution in [0.2, 0.25) is 0 Å². The van der Waals surface area contributed by atoms with Gasteiger partial charge in [0.25, 0.3) is 5.56 Å². The van der Waals surface area contributed by atoms with Crippen molar-refractivity contribution >= 4 is 5.91 Å². The molecule has 7 heteroatoms. The Kier molecular flexibility index (Phi) is 4.26. The summed E-state index contributed by atoms with van der Waals surface area (Å²) in [6, 6.07) is 0.408. The second-order valence-electron chi connectivity index (χ2n) is 6.29. The summed E-state index contributed by atoms with van der Waals surface area (Å²) in [5.74, 6) is 0.587. The van der Waals surface area contributed by atoms with E-state index in [-0.39, 0.29) is 17.9 Å². The molecule has 0 radical (unpaired) electrons. The molecule has 2 aliphatic heterocycles. The van der Waals surface area contributed by atoms with Crippen LogP contribution in [0.4, 0.5) is 0 Å². The number of carbonyl (C=O) groups is 1. The summed E-state index contributed by atoms with van der Waals surface area (Å²) in [4.78, 5) is 37.7. The predicted molar refractivity (Wildman–Crippen MR) is 82.7 cm³/mol. The molecule has 0 unspecified atom stereocenters. The molecule has 0 aromatic carbocycles. The van der Waals surface area contributed by atoms with E-state index in [4.69, 9.17) is 0 Å². The number of aromatic amines is 1. The molecule has 22 heavy (non-hydrogen) atoms. The third-order valence-electron chi connectivity index (χ3n) is 4.59. The largest absolute Gasteiger partial charge is 0.340 e. The molecule has 2 saturated heterocycles. The van der Waals surface area contributed by atoms with E-state index in [1.165, 1.54) is 6.20 Å². The minimum atomic E-state index is -0.211. The predicted octanol–water partition coefficient (Wildman–Crippen LogP) is -0.921. The van der Waals surface area contributed by atoms with Crippen molar-refractivity contribution in [2.75, 3.05) is 46.3 Å². The molecule has 1 aromatic heterocycles. The Morgan fingerprint density at radius 1 is 1.32 bits per heavy atom. The first-order valence-corrected chi connectivity index (χ1v) is 7.78. The summed E-state index contributed by atoms with van der Waals surface area (Å²) >= 11 is 0. The molecule has 0 aliphatic carbocycles. The molecule has 3 heterocycles. The summed E-state index contributed by atoms with van der Waals surface area (Å²) in [6.45, 7) is 7.31. The van der Waals surface area contributed by atoms with Gasteiger partial charge in [-0.05, 0) is 14.0 Å². The second-order valence-corrected chi connectivity index (χ2v) is 6.29. The summed E-state index contributed by atoms with van der Waals surface area (Å²) in [5.41, 5.74) is 0.232. The van der Waals surface area contributed by atoms with Gasteiger partial charge in [-0.3, -0.25) is 14.5 Å². The normalized spacial score (nSPS) is 23.4. The molecule has 7 nitrogen and oxygen atoms in total. The maximum atomic E-state index is 12.5. The molecule has 0 spiro atoms. The summed E-state index contributed by atoms with van der Waals surface area (Å²) in [7, 11) is 2.12. The first kappa shape index (κ1) is 15.2. The average molecular weight is 305 g/mol. The van der Waals surface area contributed by atoms with Gasteiger partial charge in [-0.1, -0.05) is 0 Å². The van der Waals surface area contributed by atoms with Crippen LogP contribution in [0.3, 0.4) is 0 Å². The highest BCUT2D eigenvalue weighted by molar-refractivity contribution is 5.78. The van der Waals surface area contributed by atoms with Crippen molar-refractivity contribution in [2.24, 2.45) is 0 Å². The molecule has 0 bridgehead atoms. The van der Waals surface area contributed by atoms with Gasteiger partial charge in [-0.25, -0.2) is 4.98 Å². The van der Waals surface area contributed by atoms with Crippen molar-refractivity contribution in [3.8, 4) is 0 Å². The van der Waals surface area contributed by atoms with Crippen LogP contribution in [0.1, 0.15) is 11.4 Å². The van der Waals surface area contributed by atoms with E-state index in [9.17, 15) is 9.59 Å². The van der Waals surface area contributed by atoms with Crippen molar-refractivity contribution in [2.45, 2.75) is 19.4 Å². The van der Waals surface area contributed by atoms with Gasteiger partial charge in [0, 0.05) is 57.1 Å². The fraction of sp³-hybridized carbons (Fsp3) is 0.667. The third kappa shape index (κ3) is 3.20. The fourth-order valence-corrected chi connectivity index (χ4v) is 3.25. The molecule has 120 valence electrons. The number of H-pyrrole nitrogens is 1. The molecule has 1 N–H and O–H groups in total. The van der Waals surface area contributed by atoms with E-state index >= 15 is 0 Å². The fourth-order valence-electron chi connectivity index (χ4n) is 3.25. The number of amides is 1. The van der Waals surface area contributed by atoms with Gasteiger partial charge in [-0.15, -0.1) is 0 Å². The van der Waals surface area contributed by atoms with Crippen LogP contribution in [-0.2, 0) is 11.2 Å². The number of carbonyl (C=O) groups excluding carboxylic acids is 1. The zero-order valence-electron chi connectivity index (χ0n) is 13.2. The molecule has 0 saturated carbocycles. The van der Waals surface area contributed by atoms with Crippen LogP contribution < -0.4 is 5.56 Å². The molecule has 1 atom stereocenters. The average Bonchev–Trinajstić information content (AvgIpc) is 2.49. The molecule has 1 aromatic rings. The lowest BCUT2D eigenvalue weighted by atomic mass is 10.1. The Bertz CT molecular complexity index is 614. The quantitative estimate of drug-likeness (QED) is 0.765. The first-order valence-electron chi connectivity index (χ1n) is 7.78. The number of aryl methyl sites for hydroxylation is 1. The minimum Gasteiger partial charge on any atom is -0.340 e. The van der Waals surface area contributed by atoms with Crippen molar-refractivity contribution < 1.29 is 4.79 Å². The highest BCUT2D eigenvalue weighted by Crippen LogP contribution is 2.15. The summed E-state index contributed by atoms with van der Waals surface area (Å²) in [6.07, 6.45) is 1.64. The van der Waals surface area contributed by atoms with Gasteiger partial charge in [0.1, 0.15) is 5.82 Å². The van der Waals surface area contributed by atoms with Crippen molar-refractivity contribution in [3.63, 3.8) is 0 Å². The maximum Gasteiger partial charge on any atom is 0.254 e. The molecular formula is C15H23N5O2. The van der Waals surface area contributed by atoms with Crippen LogP contribution in [0.5, 0.6) is 0 Å². The van der Waals surface area contributed by atoms with E-state index in [1.807, 2.05) is 4.90 Å². The molecule has 3 rings (SSSR count). The maximum absolute atomic E-state index is 12.5. The number of hydrogen-bond donors (Lipinski definition) is 1. The number of rotatable bonds is 2. The van der Waals surface area contributed by atoms with Gasteiger partial charge in [0.2, 0.25) is 5.91 Å². The SMILES string of the molecule is Cc1ncc(CC(=O)N2CCN3CCN(C)C[C@H]3C2)c(=O)[nH]1. The Labute approximate surface area is 129 Å². The Morgan fingerprint density at radius 3 is 2.86 bits per heavy atom. The van der Waals surface area contributed by atoms with E-state index in [0.717, 1.165) is 39.3 Å². The highest BCUT2D eigenvalue weighted by Gasteiger charge is 2.32. The Hall–Kier alpha value is -1.73. The molecular weight excluding hydrogens is 282 g/mol. The van der Waals surface area contributed by atoms with Gasteiger partial charge in [0.05, 0.1) is 6.42 Å². The van der Waals surface area contributed by atoms with Crippen LogP contribution in [-0.4, -0.2) is 82.9 Å². The zero-order chi connectivity index (χ0) is 15.7. The summed E-state index contributed by atoms with van der Waals surface area (Å²) in [5, 5.41) is 0. The van der Waals surface area contributed by atoms with Crippen LogP contribution >= 0.6 is 0 Å². The number of fused-ring (bicyclic) bond motifs is 1. The van der Waals surface area contributed by atoms with Crippen LogP contribution in [0, 0.1) is 6.92 Å². The van der Waals surface area contributed by atoms with Gasteiger partial charge in [-0.2, -0.15) is 0 Å². The van der Waals surface area contributed by atoms with Gasteiger partial charge >= 0.3 is 0 Å². The van der Waals surface area contributed by atoms with E-state index in [0.29, 0.717) is 17.4 Å². The third-order valence-corrected chi connectivity index (χ3v) is 4.59. The highest BCUT2D eigenvalue weighted by atomic mass is 16.2. The van der Waals surface area contributed by atoms with Crippen LogP contribution in [0.25, 0.3) is 0 Å². The molecule has 2 aliphatic rings. The Balaban J connectivity index is 1.64. The van der Waals surface area contributed by atoms with Crippen molar-refractivity contribution in [1.29, 1.82) is 0 Å². The standard InChI is InChI=1S/C15H23N5O2/c1-11-16-8-12(15(22)17-11)7-14(21)20-6-5-19-4-3-18(2)9-13(19)10-20/h8,13H,3-7,9-10H2,1-2H3,(H,16,17,22)/t13-/m0/s1. The lowest BCUT2D eigenvalue weighted by Gasteiger charge is -2.46.